The van der Waals surface area contributed by atoms with Crippen LogP contribution in [0, 0.1) is 0 Å². The van der Waals surface area contributed by atoms with Crippen molar-refractivity contribution in [2.45, 2.75) is 44.3 Å². The second-order valence-electron chi connectivity index (χ2n) is 8.35. The zero-order valence-corrected chi connectivity index (χ0v) is 18.5. The Morgan fingerprint density at radius 1 is 0.931 bits per heavy atom. The largest absolute Gasteiger partial charge is 0.305 e. The van der Waals surface area contributed by atoms with Crippen molar-refractivity contribution in [2.24, 2.45) is 0 Å². The molecule has 2 heterocycles. The van der Waals surface area contributed by atoms with Gasteiger partial charge in [0.2, 0.25) is 0 Å². The molecular weight excluding hydrogens is 401 g/mol. The van der Waals surface area contributed by atoms with Gasteiger partial charge in [0, 0.05) is 35.2 Å². The van der Waals surface area contributed by atoms with Crippen molar-refractivity contribution in [3.05, 3.63) is 69.7 Å². The van der Waals surface area contributed by atoms with E-state index in [1.165, 1.54) is 57.4 Å². The summed E-state index contributed by atoms with van der Waals surface area (Å²) in [5.74, 6) is 0. The summed E-state index contributed by atoms with van der Waals surface area (Å²) in [6, 6.07) is 17.3. The third kappa shape index (κ3) is 5.74. The number of piperidine rings is 1. The highest BCUT2D eigenvalue weighted by molar-refractivity contribution is 6.31. The van der Waals surface area contributed by atoms with Crippen LogP contribution in [0.5, 0.6) is 0 Å². The lowest BCUT2D eigenvalue weighted by molar-refractivity contribution is 0.119. The van der Waals surface area contributed by atoms with Gasteiger partial charge in [-0.15, -0.1) is 0 Å². The van der Waals surface area contributed by atoms with E-state index in [4.69, 9.17) is 23.2 Å². The van der Waals surface area contributed by atoms with Gasteiger partial charge in [-0.1, -0.05) is 53.5 Å². The molecule has 2 saturated heterocycles. The van der Waals surface area contributed by atoms with E-state index in [1.54, 1.807) is 0 Å². The number of hydrogen-bond donors (Lipinski definition) is 1. The van der Waals surface area contributed by atoms with Gasteiger partial charge in [-0.2, -0.15) is 0 Å². The molecule has 1 atom stereocenters. The molecule has 1 unspecified atom stereocenters. The van der Waals surface area contributed by atoms with Gasteiger partial charge in [-0.3, -0.25) is 0 Å². The van der Waals surface area contributed by atoms with E-state index in [-0.39, 0.29) is 6.04 Å². The van der Waals surface area contributed by atoms with Crippen LogP contribution in [0.2, 0.25) is 10.0 Å². The first-order valence-electron chi connectivity index (χ1n) is 10.9. The summed E-state index contributed by atoms with van der Waals surface area (Å²) in [6.07, 6.45) is 5.32. The quantitative estimate of drug-likeness (QED) is 0.634. The minimum atomic E-state index is 0.230. The van der Waals surface area contributed by atoms with Crippen molar-refractivity contribution in [3.8, 4) is 0 Å². The fourth-order valence-electron chi connectivity index (χ4n) is 4.72. The van der Waals surface area contributed by atoms with Crippen molar-refractivity contribution in [1.29, 1.82) is 0 Å². The summed E-state index contributed by atoms with van der Waals surface area (Å²) in [4.78, 5) is 5.32. The van der Waals surface area contributed by atoms with E-state index in [9.17, 15) is 0 Å². The molecule has 1 N–H and O–H groups in total. The monoisotopic (exact) mass is 431 g/mol. The minimum Gasteiger partial charge on any atom is -0.305 e. The summed E-state index contributed by atoms with van der Waals surface area (Å²) >= 11 is 12.7. The van der Waals surface area contributed by atoms with Gasteiger partial charge < -0.3 is 15.1 Å². The zero-order chi connectivity index (χ0) is 20.1. The molecule has 29 heavy (non-hydrogen) atoms. The normalized spacial score (nSPS) is 20.2. The first-order chi connectivity index (χ1) is 14.2. The fourth-order valence-corrected chi connectivity index (χ4v) is 5.12. The maximum Gasteiger partial charge on any atom is 0.0452 e. The lowest BCUT2D eigenvalue weighted by atomic mass is 10.0. The van der Waals surface area contributed by atoms with Crippen LogP contribution in [0.15, 0.2) is 48.5 Å². The Hall–Kier alpha value is -1.10. The molecule has 0 radical (unpaired) electrons. The molecule has 0 bridgehead atoms. The smallest absolute Gasteiger partial charge is 0.0452 e. The lowest BCUT2D eigenvalue weighted by Gasteiger charge is -2.38. The van der Waals surface area contributed by atoms with E-state index in [2.05, 4.69) is 33.3 Å². The Kier molecular flexibility index (Phi) is 7.49. The van der Waals surface area contributed by atoms with E-state index in [1.807, 2.05) is 30.3 Å². The molecule has 2 aliphatic heterocycles. The summed E-state index contributed by atoms with van der Waals surface area (Å²) in [6.45, 7) is 6.70. The molecule has 2 aromatic rings. The van der Waals surface area contributed by atoms with Crippen molar-refractivity contribution in [2.75, 3.05) is 32.7 Å². The van der Waals surface area contributed by atoms with Crippen molar-refractivity contribution >= 4 is 23.2 Å². The third-order valence-electron chi connectivity index (χ3n) is 6.40. The molecule has 0 spiro atoms. The van der Waals surface area contributed by atoms with Crippen LogP contribution in [0.3, 0.4) is 0 Å². The molecule has 0 amide bonds. The standard InChI is InChI=1S/C24H31Cl2N3/c25-21-8-5-7-19(16-21)24(27-17-20-6-1-2-9-23(20)26)18-28-14-10-22(11-15-28)29-12-3-4-13-29/h1-2,5-9,16,22,24,27H,3-4,10-15,17-18H2. The van der Waals surface area contributed by atoms with Crippen LogP contribution in [0.1, 0.15) is 42.9 Å². The van der Waals surface area contributed by atoms with Crippen molar-refractivity contribution in [3.63, 3.8) is 0 Å². The van der Waals surface area contributed by atoms with E-state index < -0.39 is 0 Å². The topological polar surface area (TPSA) is 18.5 Å². The van der Waals surface area contributed by atoms with Crippen LogP contribution in [0.25, 0.3) is 0 Å². The minimum absolute atomic E-state index is 0.230. The van der Waals surface area contributed by atoms with Gasteiger partial charge in [-0.25, -0.2) is 0 Å². The Morgan fingerprint density at radius 2 is 1.69 bits per heavy atom. The van der Waals surface area contributed by atoms with Gasteiger partial charge in [0.05, 0.1) is 0 Å². The van der Waals surface area contributed by atoms with Gasteiger partial charge in [0.15, 0.2) is 0 Å². The second kappa shape index (κ2) is 10.3. The summed E-state index contributed by atoms with van der Waals surface area (Å²) in [5.41, 5.74) is 2.38. The van der Waals surface area contributed by atoms with E-state index >= 15 is 0 Å². The Bertz CT molecular complexity index is 783. The van der Waals surface area contributed by atoms with Gasteiger partial charge in [0.25, 0.3) is 0 Å². The van der Waals surface area contributed by atoms with Gasteiger partial charge >= 0.3 is 0 Å². The first kappa shape index (κ1) is 21.1. The average Bonchev–Trinajstić information content (AvgIpc) is 3.27. The molecule has 3 nitrogen and oxygen atoms in total. The van der Waals surface area contributed by atoms with Gasteiger partial charge in [0.1, 0.15) is 0 Å². The molecule has 4 rings (SSSR count). The highest BCUT2D eigenvalue weighted by Crippen LogP contribution is 2.25. The number of nitrogens with one attached hydrogen (secondary N) is 1. The molecule has 2 aliphatic rings. The summed E-state index contributed by atoms with van der Waals surface area (Å²) in [5, 5.41) is 5.35. The molecule has 2 aromatic carbocycles. The predicted molar refractivity (Wildman–Crippen MR) is 123 cm³/mol. The Balaban J connectivity index is 1.39. The number of benzene rings is 2. The molecule has 0 saturated carbocycles. The second-order valence-corrected chi connectivity index (χ2v) is 9.20. The van der Waals surface area contributed by atoms with Crippen LogP contribution in [0.4, 0.5) is 0 Å². The predicted octanol–water partition coefficient (Wildman–Crippen LogP) is 5.38. The Morgan fingerprint density at radius 3 is 2.41 bits per heavy atom. The number of hydrogen-bond acceptors (Lipinski definition) is 3. The van der Waals surface area contributed by atoms with Gasteiger partial charge in [-0.05, 0) is 81.2 Å². The van der Waals surface area contributed by atoms with E-state index in [0.29, 0.717) is 0 Å². The molecule has 0 aliphatic carbocycles. The molecular formula is C24H31Cl2N3. The molecule has 156 valence electrons. The van der Waals surface area contributed by atoms with Crippen molar-refractivity contribution in [1.82, 2.24) is 15.1 Å². The zero-order valence-electron chi connectivity index (χ0n) is 17.0. The maximum absolute atomic E-state index is 6.37. The molecule has 0 aromatic heterocycles. The van der Waals surface area contributed by atoms with E-state index in [0.717, 1.165) is 34.7 Å². The number of rotatable bonds is 7. The summed E-state index contributed by atoms with van der Waals surface area (Å²) < 4.78 is 0. The first-order valence-corrected chi connectivity index (χ1v) is 11.6. The third-order valence-corrected chi connectivity index (χ3v) is 7.01. The molecule has 2 fully saturated rings. The highest BCUT2D eigenvalue weighted by Gasteiger charge is 2.27. The number of halogens is 2. The summed E-state index contributed by atoms with van der Waals surface area (Å²) in [7, 11) is 0. The number of likely N-dealkylation sites (tertiary alicyclic amines) is 2. The molecule has 5 heteroatoms. The van der Waals surface area contributed by atoms with Crippen LogP contribution < -0.4 is 5.32 Å². The van der Waals surface area contributed by atoms with Crippen molar-refractivity contribution < 1.29 is 0 Å². The Labute approximate surface area is 185 Å². The maximum atomic E-state index is 6.37. The number of nitrogens with zero attached hydrogens (tertiary/aromatic N) is 2. The lowest BCUT2D eigenvalue weighted by Crippen LogP contribution is -2.46. The fraction of sp³-hybridized carbons (Fsp3) is 0.500. The van der Waals surface area contributed by atoms with Crippen LogP contribution in [-0.2, 0) is 6.54 Å². The highest BCUT2D eigenvalue weighted by atomic mass is 35.5. The van der Waals surface area contributed by atoms with Crippen LogP contribution in [-0.4, -0.2) is 48.6 Å². The SMILES string of the molecule is Clc1cccc(C(CN2CCC(N3CCCC3)CC2)NCc2ccccc2Cl)c1. The van der Waals surface area contributed by atoms with Crippen LogP contribution >= 0.6 is 23.2 Å². The average molecular weight is 432 g/mol.